The van der Waals surface area contributed by atoms with E-state index < -0.39 is 5.56 Å². The number of morpholine rings is 1. The highest BCUT2D eigenvalue weighted by Gasteiger charge is 2.22. The van der Waals surface area contributed by atoms with Crippen molar-refractivity contribution in [1.82, 2.24) is 14.7 Å². The smallest absolute Gasteiger partial charge is 0.287 e. The molecule has 1 fully saturated rings. The van der Waals surface area contributed by atoms with E-state index in [0.29, 0.717) is 19.7 Å². The van der Waals surface area contributed by atoms with Gasteiger partial charge in [0.25, 0.3) is 5.56 Å². The van der Waals surface area contributed by atoms with Crippen LogP contribution in [0.5, 0.6) is 0 Å². The topological polar surface area (TPSA) is 64.4 Å². The van der Waals surface area contributed by atoms with Gasteiger partial charge in [0.2, 0.25) is 5.91 Å². The second-order valence-corrected chi connectivity index (χ2v) is 5.08. The minimum atomic E-state index is -0.566. The zero-order valence-corrected chi connectivity index (χ0v) is 11.8. The van der Waals surface area contributed by atoms with E-state index in [1.54, 1.807) is 4.90 Å². The van der Waals surface area contributed by atoms with Gasteiger partial charge in [0.15, 0.2) is 0 Å². The highest BCUT2D eigenvalue weighted by molar-refractivity contribution is 6.41. The molecular formula is C11H13Cl2N3O3. The van der Waals surface area contributed by atoms with E-state index in [9.17, 15) is 9.59 Å². The van der Waals surface area contributed by atoms with Crippen LogP contribution in [0.3, 0.4) is 0 Å². The standard InChI is InChI=1S/C11H13Cl2N3O3/c1-7-5-15(2-3-19-7)9(17)6-16-11(18)10(13)8(12)4-14-16/h4,7H,2-3,5-6H2,1H3/t7-/m0/s1. The maximum atomic E-state index is 12.1. The molecule has 0 unspecified atom stereocenters. The van der Waals surface area contributed by atoms with Crippen molar-refractivity contribution in [3.63, 3.8) is 0 Å². The number of rotatable bonds is 2. The third kappa shape index (κ3) is 3.26. The molecular weight excluding hydrogens is 293 g/mol. The summed E-state index contributed by atoms with van der Waals surface area (Å²) in [5, 5.41) is 3.76. The molecule has 6 nitrogen and oxygen atoms in total. The van der Waals surface area contributed by atoms with Gasteiger partial charge in [-0.05, 0) is 6.92 Å². The Balaban J connectivity index is 2.11. The highest BCUT2D eigenvalue weighted by atomic mass is 35.5. The van der Waals surface area contributed by atoms with E-state index in [0.717, 1.165) is 4.68 Å². The van der Waals surface area contributed by atoms with Crippen molar-refractivity contribution in [2.75, 3.05) is 19.7 Å². The SMILES string of the molecule is C[C@H]1CN(C(=O)Cn2ncc(Cl)c(Cl)c2=O)CCO1. The molecule has 1 aliphatic rings. The summed E-state index contributed by atoms with van der Waals surface area (Å²) in [6, 6.07) is 0. The lowest BCUT2D eigenvalue weighted by Gasteiger charge is -2.31. The number of amides is 1. The first-order valence-corrected chi connectivity index (χ1v) is 6.55. The van der Waals surface area contributed by atoms with Crippen LogP contribution in [0.15, 0.2) is 11.0 Å². The minimum Gasteiger partial charge on any atom is -0.375 e. The average Bonchev–Trinajstić information content (AvgIpc) is 2.39. The van der Waals surface area contributed by atoms with Crippen LogP contribution in [-0.4, -0.2) is 46.4 Å². The molecule has 1 saturated heterocycles. The molecule has 0 bridgehead atoms. The van der Waals surface area contributed by atoms with E-state index >= 15 is 0 Å². The lowest BCUT2D eigenvalue weighted by Crippen LogP contribution is -2.46. The number of hydrogen-bond donors (Lipinski definition) is 0. The van der Waals surface area contributed by atoms with Crippen LogP contribution in [-0.2, 0) is 16.1 Å². The Kier molecular flexibility index (Phi) is 4.44. The summed E-state index contributed by atoms with van der Waals surface area (Å²) in [4.78, 5) is 25.5. The van der Waals surface area contributed by atoms with Crippen molar-refractivity contribution in [2.45, 2.75) is 19.6 Å². The molecule has 0 N–H and O–H groups in total. The molecule has 8 heteroatoms. The second-order valence-electron chi connectivity index (χ2n) is 4.29. The zero-order chi connectivity index (χ0) is 14.0. The number of hydrogen-bond acceptors (Lipinski definition) is 4. The number of aromatic nitrogens is 2. The molecule has 2 heterocycles. The van der Waals surface area contributed by atoms with Gasteiger partial charge < -0.3 is 9.64 Å². The zero-order valence-electron chi connectivity index (χ0n) is 10.3. The first-order chi connectivity index (χ1) is 8.99. The van der Waals surface area contributed by atoms with Crippen LogP contribution in [0.25, 0.3) is 0 Å². The predicted octanol–water partition coefficient (Wildman–Crippen LogP) is 0.797. The van der Waals surface area contributed by atoms with Crippen molar-refractivity contribution in [2.24, 2.45) is 0 Å². The van der Waals surface area contributed by atoms with Gasteiger partial charge in [0, 0.05) is 13.1 Å². The molecule has 19 heavy (non-hydrogen) atoms. The third-order valence-corrected chi connectivity index (χ3v) is 3.57. The van der Waals surface area contributed by atoms with E-state index in [-0.39, 0.29) is 28.6 Å². The first kappa shape index (κ1) is 14.3. The fraction of sp³-hybridized carbons (Fsp3) is 0.545. The highest BCUT2D eigenvalue weighted by Crippen LogP contribution is 2.14. The van der Waals surface area contributed by atoms with Crippen molar-refractivity contribution in [3.8, 4) is 0 Å². The van der Waals surface area contributed by atoms with E-state index in [4.69, 9.17) is 27.9 Å². The monoisotopic (exact) mass is 305 g/mol. The molecule has 0 saturated carbocycles. The fourth-order valence-corrected chi connectivity index (χ4v) is 2.10. The average molecular weight is 306 g/mol. The van der Waals surface area contributed by atoms with Crippen LogP contribution in [0, 0.1) is 0 Å². The Labute approximate surface area is 119 Å². The van der Waals surface area contributed by atoms with Gasteiger partial charge in [0.1, 0.15) is 11.6 Å². The second kappa shape index (κ2) is 5.90. The summed E-state index contributed by atoms with van der Waals surface area (Å²) >= 11 is 11.4. The molecule has 1 amide bonds. The summed E-state index contributed by atoms with van der Waals surface area (Å²) in [6.45, 7) is 3.26. The Morgan fingerprint density at radius 3 is 3.00 bits per heavy atom. The van der Waals surface area contributed by atoms with Crippen LogP contribution >= 0.6 is 23.2 Å². The summed E-state index contributed by atoms with van der Waals surface area (Å²) < 4.78 is 6.36. The summed E-state index contributed by atoms with van der Waals surface area (Å²) in [5.41, 5.74) is -0.566. The van der Waals surface area contributed by atoms with Crippen LogP contribution in [0.2, 0.25) is 10.0 Å². The number of nitrogens with zero attached hydrogens (tertiary/aromatic N) is 3. The van der Waals surface area contributed by atoms with Gasteiger partial charge in [-0.25, -0.2) is 4.68 Å². The number of halogens is 2. The lowest BCUT2D eigenvalue weighted by atomic mass is 10.3. The van der Waals surface area contributed by atoms with Gasteiger partial charge >= 0.3 is 0 Å². The molecule has 0 spiro atoms. The molecule has 104 valence electrons. The van der Waals surface area contributed by atoms with Crippen LogP contribution in [0.4, 0.5) is 0 Å². The summed E-state index contributed by atoms with van der Waals surface area (Å²) in [7, 11) is 0. The van der Waals surface area contributed by atoms with Gasteiger partial charge in [-0.1, -0.05) is 23.2 Å². The van der Waals surface area contributed by atoms with Crippen molar-refractivity contribution in [3.05, 3.63) is 26.6 Å². The van der Waals surface area contributed by atoms with Crippen molar-refractivity contribution < 1.29 is 9.53 Å². The molecule has 1 atom stereocenters. The minimum absolute atomic E-state index is 0.00353. The molecule has 0 radical (unpaired) electrons. The first-order valence-electron chi connectivity index (χ1n) is 5.79. The Hall–Kier alpha value is -1.11. The lowest BCUT2D eigenvalue weighted by molar-refractivity contribution is -0.139. The van der Waals surface area contributed by atoms with Crippen molar-refractivity contribution >= 4 is 29.1 Å². The quantitative estimate of drug-likeness (QED) is 0.810. The maximum Gasteiger partial charge on any atom is 0.287 e. The Morgan fingerprint density at radius 1 is 1.58 bits per heavy atom. The van der Waals surface area contributed by atoms with Gasteiger partial charge in [-0.15, -0.1) is 0 Å². The van der Waals surface area contributed by atoms with E-state index in [1.165, 1.54) is 6.20 Å². The fourth-order valence-electron chi connectivity index (χ4n) is 1.83. The maximum absolute atomic E-state index is 12.1. The number of carbonyl (C=O) groups is 1. The summed E-state index contributed by atoms with van der Waals surface area (Å²) in [5.74, 6) is -0.192. The molecule has 0 aromatic carbocycles. The van der Waals surface area contributed by atoms with Crippen LogP contribution < -0.4 is 5.56 Å². The number of ether oxygens (including phenoxy) is 1. The predicted molar refractivity (Wildman–Crippen MR) is 70.5 cm³/mol. The van der Waals surface area contributed by atoms with Gasteiger partial charge in [0.05, 0.1) is 23.9 Å². The Bertz CT molecular complexity index is 546. The van der Waals surface area contributed by atoms with Gasteiger partial charge in [-0.3, -0.25) is 9.59 Å². The third-order valence-electron chi connectivity index (χ3n) is 2.82. The number of carbonyl (C=O) groups excluding carboxylic acids is 1. The van der Waals surface area contributed by atoms with Crippen molar-refractivity contribution in [1.29, 1.82) is 0 Å². The molecule has 0 aliphatic carbocycles. The molecule has 2 rings (SSSR count). The largest absolute Gasteiger partial charge is 0.375 e. The Morgan fingerprint density at radius 2 is 2.32 bits per heavy atom. The molecule has 1 aromatic rings. The van der Waals surface area contributed by atoms with E-state index in [2.05, 4.69) is 5.10 Å². The molecule has 1 aliphatic heterocycles. The van der Waals surface area contributed by atoms with E-state index in [1.807, 2.05) is 6.92 Å². The van der Waals surface area contributed by atoms with Crippen LogP contribution in [0.1, 0.15) is 6.92 Å². The summed E-state index contributed by atoms with van der Waals surface area (Å²) in [6.07, 6.45) is 1.25. The molecule has 1 aromatic heterocycles. The van der Waals surface area contributed by atoms with Gasteiger partial charge in [-0.2, -0.15) is 5.10 Å². The normalized spacial score (nSPS) is 19.5.